The second kappa shape index (κ2) is 24.1. The third-order valence-electron chi connectivity index (χ3n) is 13.9. The molecule has 3 aromatic heterocycles. The standard InChI is InChI=1S/C25H17ClF2N2OS.C21H15ClF2N2OS.C20H14F2N2OS/c1-25(27,28)16-5-4-6-18(13-16)29-23-20-7-2-3-8-21(20)30(24(23)31)14-19-12-15-11-17(26)9-10-22(15)32-19;1-21(23,24)13-5-4-6-14(11-13)25-19-16-7-2-3-8-17(16)26(20(19)27)12-15-9-10-18(22)28-15;1-20(21,22)13-5-4-6-14(11-13)23-18-16-7-2-3-8-17(16)24(19(18)25)15-9-10-26-12-15/h2-13H,14H2,1H3;2-11H,12H2,1H3;2-12H,1H3. The molecule has 0 saturated heterocycles. The van der Waals surface area contributed by atoms with Gasteiger partial charge < -0.3 is 9.80 Å². The predicted molar refractivity (Wildman–Crippen MR) is 336 cm³/mol. The quantitative estimate of drug-likeness (QED) is 0.121. The first-order valence-corrected chi connectivity index (χ1v) is 29.8. The van der Waals surface area contributed by atoms with Gasteiger partial charge in [-0.05, 0) is 108 Å². The second-order valence-electron chi connectivity index (χ2n) is 20.3. The molecular weight excluding hydrogens is 1210 g/mol. The van der Waals surface area contributed by atoms with Crippen LogP contribution in [-0.2, 0) is 45.2 Å². The van der Waals surface area contributed by atoms with Crippen LogP contribution in [0.15, 0.2) is 214 Å². The maximum atomic E-state index is 13.8. The average Bonchev–Trinajstić information content (AvgIpc) is 3.70. The number of halogens is 8. The molecule has 0 spiro atoms. The number of nitrogens with zero attached hydrogens (tertiary/aromatic N) is 6. The number of carbonyl (C=O) groups excluding carboxylic acids is 3. The first-order chi connectivity index (χ1) is 41.1. The maximum Gasteiger partial charge on any atom is 0.282 e. The van der Waals surface area contributed by atoms with Crippen LogP contribution in [-0.4, -0.2) is 34.9 Å². The van der Waals surface area contributed by atoms with E-state index in [1.807, 2.05) is 120 Å². The molecule has 3 aliphatic heterocycles. The third-order valence-corrected chi connectivity index (χ3v) is 17.2. The Labute approximate surface area is 512 Å². The van der Waals surface area contributed by atoms with E-state index in [0.29, 0.717) is 56.2 Å². The number of amides is 3. The SMILES string of the molecule is CC(F)(F)c1cccc(N=C2C(=O)N(Cc3cc4cc(Cl)ccc4s3)c3ccccc32)c1.CC(F)(F)c1cccc(N=C2C(=O)N(Cc3ccc(Cl)s3)c3ccccc32)c1.CC(F)(F)c1cccc(N=C2C(=O)N(c3ccsc3)c3ccccc32)c1. The number of fused-ring (bicyclic) bond motifs is 4. The minimum absolute atomic E-state index is 0.132. The molecule has 9 nitrogen and oxygen atoms in total. The average molecular weight is 1250 g/mol. The predicted octanol–water partition coefficient (Wildman–Crippen LogP) is 19.2. The number of rotatable bonds is 11. The van der Waals surface area contributed by atoms with Crippen molar-refractivity contribution in [1.29, 1.82) is 0 Å². The van der Waals surface area contributed by atoms with Crippen molar-refractivity contribution in [2.45, 2.75) is 51.6 Å². The lowest BCUT2D eigenvalue weighted by Gasteiger charge is -2.15. The Morgan fingerprint density at radius 1 is 0.453 bits per heavy atom. The molecule has 0 N–H and O–H groups in total. The fraction of sp³-hybridized carbons (Fsp3) is 0.121. The van der Waals surface area contributed by atoms with E-state index in [4.69, 9.17) is 23.2 Å². The van der Waals surface area contributed by atoms with E-state index >= 15 is 0 Å². The molecule has 0 aliphatic carbocycles. The molecule has 0 fully saturated rings. The molecule has 432 valence electrons. The monoisotopic (exact) mass is 1250 g/mol. The van der Waals surface area contributed by atoms with Gasteiger partial charge in [0.25, 0.3) is 35.5 Å². The molecule has 0 saturated carbocycles. The molecule has 86 heavy (non-hydrogen) atoms. The van der Waals surface area contributed by atoms with Gasteiger partial charge >= 0.3 is 0 Å². The smallest absolute Gasteiger partial charge is 0.282 e. The molecule has 3 aliphatic rings. The van der Waals surface area contributed by atoms with Crippen molar-refractivity contribution < 1.29 is 40.7 Å². The molecule has 0 radical (unpaired) electrons. The van der Waals surface area contributed by atoms with Gasteiger partial charge in [0.1, 0.15) is 17.1 Å². The summed E-state index contributed by atoms with van der Waals surface area (Å²) in [6.45, 7) is 3.28. The maximum absolute atomic E-state index is 13.8. The number of aliphatic imine (C=N–C) groups is 3. The number of hydrogen-bond donors (Lipinski definition) is 0. The van der Waals surface area contributed by atoms with Crippen molar-refractivity contribution in [2.75, 3.05) is 14.7 Å². The van der Waals surface area contributed by atoms with E-state index in [1.165, 1.54) is 77.3 Å². The van der Waals surface area contributed by atoms with Crippen LogP contribution in [0.4, 0.5) is 66.2 Å². The number of thiophene rings is 3. The lowest BCUT2D eigenvalue weighted by molar-refractivity contribution is -0.113. The number of anilines is 4. The van der Waals surface area contributed by atoms with Crippen LogP contribution >= 0.6 is 57.2 Å². The van der Waals surface area contributed by atoms with Gasteiger partial charge in [-0.2, -0.15) is 11.3 Å². The van der Waals surface area contributed by atoms with Crippen molar-refractivity contribution in [2.24, 2.45) is 15.0 Å². The van der Waals surface area contributed by atoms with Crippen LogP contribution in [0.5, 0.6) is 0 Å². The van der Waals surface area contributed by atoms with Gasteiger partial charge in [0, 0.05) is 79.0 Å². The summed E-state index contributed by atoms with van der Waals surface area (Å²) in [5, 5.41) is 5.48. The summed E-state index contributed by atoms with van der Waals surface area (Å²) in [6, 6.07) is 52.8. The van der Waals surface area contributed by atoms with Crippen molar-refractivity contribution >= 4 is 142 Å². The lowest BCUT2D eigenvalue weighted by atomic mass is 10.1. The summed E-state index contributed by atoms with van der Waals surface area (Å²) >= 11 is 16.6. The van der Waals surface area contributed by atoms with Crippen LogP contribution in [0.2, 0.25) is 9.36 Å². The minimum Gasteiger partial charge on any atom is -0.301 e. The highest BCUT2D eigenvalue weighted by atomic mass is 35.5. The molecule has 20 heteroatoms. The molecule has 0 bridgehead atoms. The summed E-state index contributed by atoms with van der Waals surface area (Å²) in [7, 11) is 0. The van der Waals surface area contributed by atoms with Crippen LogP contribution in [0.25, 0.3) is 10.1 Å². The summed E-state index contributed by atoms with van der Waals surface area (Å²) in [6.07, 6.45) is 0. The molecule has 0 unspecified atom stereocenters. The van der Waals surface area contributed by atoms with Gasteiger partial charge in [0.15, 0.2) is 0 Å². The van der Waals surface area contributed by atoms with Gasteiger partial charge in [-0.15, -0.1) is 22.7 Å². The molecule has 3 amide bonds. The summed E-state index contributed by atoms with van der Waals surface area (Å²) in [4.78, 5) is 59.6. The van der Waals surface area contributed by atoms with Crippen molar-refractivity contribution in [3.8, 4) is 0 Å². The topological polar surface area (TPSA) is 98.0 Å². The number of benzene rings is 7. The van der Waals surface area contributed by atoms with E-state index in [-0.39, 0.29) is 51.5 Å². The van der Waals surface area contributed by atoms with E-state index < -0.39 is 17.8 Å². The first-order valence-electron chi connectivity index (χ1n) is 26.5. The number of alkyl halides is 6. The van der Waals surface area contributed by atoms with Gasteiger partial charge in [-0.3, -0.25) is 19.3 Å². The van der Waals surface area contributed by atoms with Crippen molar-refractivity contribution in [1.82, 2.24) is 0 Å². The largest absolute Gasteiger partial charge is 0.301 e. The van der Waals surface area contributed by atoms with Crippen molar-refractivity contribution in [3.63, 3.8) is 0 Å². The molecule has 7 aromatic carbocycles. The van der Waals surface area contributed by atoms with E-state index in [2.05, 4.69) is 15.0 Å². The minimum atomic E-state index is -2.98. The zero-order valence-electron chi connectivity index (χ0n) is 45.6. The fourth-order valence-corrected chi connectivity index (χ4v) is 12.7. The Morgan fingerprint density at radius 2 is 0.907 bits per heavy atom. The Hall–Kier alpha value is -8.52. The molecule has 0 atom stereocenters. The Balaban J connectivity index is 0.000000135. The fourth-order valence-electron chi connectivity index (χ4n) is 9.83. The third kappa shape index (κ3) is 12.7. The summed E-state index contributed by atoms with van der Waals surface area (Å²) in [5.74, 6) is -9.70. The van der Waals surface area contributed by atoms with Crippen LogP contribution in [0, 0.1) is 0 Å². The van der Waals surface area contributed by atoms with Gasteiger partial charge in [-0.25, -0.2) is 41.3 Å². The lowest BCUT2D eigenvalue weighted by Crippen LogP contribution is -2.29. The van der Waals surface area contributed by atoms with E-state index in [9.17, 15) is 40.7 Å². The summed E-state index contributed by atoms with van der Waals surface area (Å²) < 4.78 is 83.7. The van der Waals surface area contributed by atoms with E-state index in [1.54, 1.807) is 50.3 Å². The first kappa shape index (κ1) is 59.2. The zero-order chi connectivity index (χ0) is 60.7. The zero-order valence-corrected chi connectivity index (χ0v) is 49.6. The molecule has 6 heterocycles. The van der Waals surface area contributed by atoms with Crippen LogP contribution < -0.4 is 14.7 Å². The van der Waals surface area contributed by atoms with Gasteiger partial charge in [-0.1, -0.05) is 114 Å². The second-order valence-corrected chi connectivity index (χ2v) is 24.4. The normalized spacial score (nSPS) is 15.3. The van der Waals surface area contributed by atoms with Crippen molar-refractivity contribution in [3.05, 3.63) is 251 Å². The summed E-state index contributed by atoms with van der Waals surface area (Å²) in [5.41, 5.74) is 6.38. The molecular formula is C66H46Cl2F6N6O3S3. The van der Waals surface area contributed by atoms with E-state index in [0.717, 1.165) is 63.4 Å². The Morgan fingerprint density at radius 3 is 1.36 bits per heavy atom. The van der Waals surface area contributed by atoms with Crippen LogP contribution in [0.1, 0.15) is 63.9 Å². The Bertz CT molecular complexity index is 4350. The number of para-hydroxylation sites is 3. The number of carbonyl (C=O) groups is 3. The Kier molecular flexibility index (Phi) is 16.6. The molecule has 10 aromatic rings. The number of hydrogen-bond acceptors (Lipinski definition) is 9. The van der Waals surface area contributed by atoms with Gasteiger partial charge in [0.2, 0.25) is 0 Å². The van der Waals surface area contributed by atoms with Gasteiger partial charge in [0.05, 0.1) is 57.2 Å². The highest BCUT2D eigenvalue weighted by Crippen LogP contribution is 2.41. The molecule has 13 rings (SSSR count). The van der Waals surface area contributed by atoms with Crippen LogP contribution in [0.3, 0.4) is 0 Å². The highest BCUT2D eigenvalue weighted by Gasteiger charge is 2.38. The highest BCUT2D eigenvalue weighted by molar-refractivity contribution is 7.19.